The number of ether oxygens (including phenoxy) is 2. The first kappa shape index (κ1) is 24.8. The molecule has 5 nitrogen and oxygen atoms in total. The van der Waals surface area contributed by atoms with Crippen LogP contribution in [-0.4, -0.2) is 41.3 Å². The van der Waals surface area contributed by atoms with E-state index in [0.717, 1.165) is 6.07 Å². The Morgan fingerprint density at radius 3 is 2.29 bits per heavy atom. The molecule has 1 amide bonds. The molecule has 1 aromatic carbocycles. The highest BCUT2D eigenvalue weighted by atomic mass is 19.1. The Hall–Kier alpha value is -2.44. The molecule has 2 rings (SSSR count). The number of esters is 1. The summed E-state index contributed by atoms with van der Waals surface area (Å²) in [6.07, 6.45) is 1.45. The third kappa shape index (κ3) is 7.04. The molecule has 1 heterocycles. The first-order valence-corrected chi connectivity index (χ1v) is 10.5. The maximum absolute atomic E-state index is 14.5. The second kappa shape index (κ2) is 9.37. The van der Waals surface area contributed by atoms with Crippen LogP contribution in [-0.2, 0) is 20.7 Å². The van der Waals surface area contributed by atoms with Crippen molar-refractivity contribution in [3.63, 3.8) is 0 Å². The standard InChI is InChI=1S/C24H33F2NO4/c1-8-15-11-17(20(26)13-19(15)25)12-18(21(28)30-23(2,3)4)16-9-10-27(14-16)22(29)31-24(5,6)7/h8,11,13,16,18H,1,9-10,12,14H2,2-7H3/t16-,18-/m0/s1. The number of likely N-dealkylation sites (tertiary alicyclic amines) is 1. The first-order chi connectivity index (χ1) is 14.2. The Morgan fingerprint density at radius 2 is 1.74 bits per heavy atom. The minimum atomic E-state index is -0.723. The number of carbonyl (C=O) groups is 2. The van der Waals surface area contributed by atoms with Crippen LogP contribution in [0.25, 0.3) is 6.08 Å². The minimum Gasteiger partial charge on any atom is -0.460 e. The van der Waals surface area contributed by atoms with Crippen molar-refractivity contribution in [1.29, 1.82) is 0 Å². The van der Waals surface area contributed by atoms with Gasteiger partial charge in [0.05, 0.1) is 5.92 Å². The van der Waals surface area contributed by atoms with Gasteiger partial charge >= 0.3 is 12.1 Å². The molecular formula is C24H33F2NO4. The zero-order chi connectivity index (χ0) is 23.6. The summed E-state index contributed by atoms with van der Waals surface area (Å²) in [5.41, 5.74) is -0.964. The van der Waals surface area contributed by atoms with Gasteiger partial charge in [-0.15, -0.1) is 0 Å². The largest absolute Gasteiger partial charge is 0.460 e. The number of hydrogen-bond donors (Lipinski definition) is 0. The molecule has 1 saturated heterocycles. The lowest BCUT2D eigenvalue weighted by Gasteiger charge is -2.28. The van der Waals surface area contributed by atoms with E-state index < -0.39 is 40.8 Å². The maximum atomic E-state index is 14.5. The Labute approximate surface area is 183 Å². The van der Waals surface area contributed by atoms with Gasteiger partial charge in [0.2, 0.25) is 0 Å². The van der Waals surface area contributed by atoms with Crippen molar-refractivity contribution in [2.75, 3.05) is 13.1 Å². The smallest absolute Gasteiger partial charge is 0.410 e. The Balaban J connectivity index is 2.27. The van der Waals surface area contributed by atoms with Crippen molar-refractivity contribution in [1.82, 2.24) is 4.90 Å². The number of nitrogens with zero attached hydrogens (tertiary/aromatic N) is 1. The van der Waals surface area contributed by atoms with Crippen LogP contribution in [0.3, 0.4) is 0 Å². The Bertz CT molecular complexity index is 839. The summed E-state index contributed by atoms with van der Waals surface area (Å²) in [6.45, 7) is 14.9. The Morgan fingerprint density at radius 1 is 1.13 bits per heavy atom. The number of benzene rings is 1. The predicted octanol–water partition coefficient (Wildman–Crippen LogP) is 5.37. The van der Waals surface area contributed by atoms with Crippen LogP contribution in [0.2, 0.25) is 0 Å². The average Bonchev–Trinajstić information content (AvgIpc) is 3.08. The number of rotatable bonds is 5. The van der Waals surface area contributed by atoms with Crippen LogP contribution in [0, 0.1) is 23.5 Å². The van der Waals surface area contributed by atoms with Crippen LogP contribution in [0.15, 0.2) is 18.7 Å². The van der Waals surface area contributed by atoms with Gasteiger partial charge in [-0.2, -0.15) is 0 Å². The summed E-state index contributed by atoms with van der Waals surface area (Å²) in [5, 5.41) is 0. The third-order valence-corrected chi connectivity index (χ3v) is 4.98. The third-order valence-electron chi connectivity index (χ3n) is 4.98. The van der Waals surface area contributed by atoms with Gasteiger partial charge in [-0.25, -0.2) is 13.6 Å². The predicted molar refractivity (Wildman–Crippen MR) is 115 cm³/mol. The normalized spacial score (nSPS) is 17.9. The monoisotopic (exact) mass is 437 g/mol. The fraction of sp³-hybridized carbons (Fsp3) is 0.583. The molecule has 1 aliphatic rings. The van der Waals surface area contributed by atoms with Crippen molar-refractivity contribution in [3.8, 4) is 0 Å². The summed E-state index contributed by atoms with van der Waals surface area (Å²) < 4.78 is 39.4. The fourth-order valence-corrected chi connectivity index (χ4v) is 3.59. The zero-order valence-electron chi connectivity index (χ0n) is 19.3. The van der Waals surface area contributed by atoms with Crippen molar-refractivity contribution < 1.29 is 27.8 Å². The first-order valence-electron chi connectivity index (χ1n) is 10.5. The maximum Gasteiger partial charge on any atom is 0.410 e. The molecule has 172 valence electrons. The van der Waals surface area contributed by atoms with Crippen molar-refractivity contribution in [3.05, 3.63) is 41.5 Å². The number of carbonyl (C=O) groups excluding carboxylic acids is 2. The molecule has 0 aromatic heterocycles. The average molecular weight is 438 g/mol. The van der Waals surface area contributed by atoms with Crippen molar-refractivity contribution in [2.24, 2.45) is 11.8 Å². The summed E-state index contributed by atoms with van der Waals surface area (Å²) in [7, 11) is 0. The van der Waals surface area contributed by atoms with Gasteiger partial charge in [0.25, 0.3) is 0 Å². The van der Waals surface area contributed by atoms with Crippen LogP contribution in [0.1, 0.15) is 59.1 Å². The van der Waals surface area contributed by atoms with Gasteiger partial charge in [0.15, 0.2) is 0 Å². The molecule has 0 aliphatic carbocycles. The molecule has 1 fully saturated rings. The second-order valence-corrected chi connectivity index (χ2v) is 9.99. The number of halogens is 2. The van der Waals surface area contributed by atoms with Gasteiger partial charge < -0.3 is 14.4 Å². The van der Waals surface area contributed by atoms with E-state index in [1.165, 1.54) is 12.1 Å². The summed E-state index contributed by atoms with van der Waals surface area (Å²) >= 11 is 0. The lowest BCUT2D eigenvalue weighted by atomic mass is 9.85. The van der Waals surface area contributed by atoms with Gasteiger partial charge in [-0.1, -0.05) is 12.7 Å². The van der Waals surface area contributed by atoms with Gasteiger partial charge in [-0.3, -0.25) is 4.79 Å². The zero-order valence-corrected chi connectivity index (χ0v) is 19.3. The van der Waals surface area contributed by atoms with Crippen molar-refractivity contribution in [2.45, 2.75) is 65.6 Å². The quantitative estimate of drug-likeness (QED) is 0.582. The summed E-state index contributed by atoms with van der Waals surface area (Å²) in [5.74, 6) is -2.82. The van der Waals surface area contributed by atoms with Crippen molar-refractivity contribution >= 4 is 18.1 Å². The summed E-state index contributed by atoms with van der Waals surface area (Å²) in [6, 6.07) is 2.18. The van der Waals surface area contributed by atoms with E-state index >= 15 is 0 Å². The highest BCUT2D eigenvalue weighted by molar-refractivity contribution is 5.74. The molecule has 1 aliphatic heterocycles. The lowest BCUT2D eigenvalue weighted by molar-refractivity contribution is -0.162. The van der Waals surface area contributed by atoms with Gasteiger partial charge in [0.1, 0.15) is 22.8 Å². The topological polar surface area (TPSA) is 55.8 Å². The molecule has 0 N–H and O–H groups in total. The van der Waals surface area contributed by atoms with Crippen LogP contribution in [0.4, 0.5) is 13.6 Å². The molecule has 0 saturated carbocycles. The molecule has 7 heteroatoms. The van der Waals surface area contributed by atoms with E-state index in [2.05, 4.69) is 6.58 Å². The molecule has 31 heavy (non-hydrogen) atoms. The van der Waals surface area contributed by atoms with Crippen LogP contribution >= 0.6 is 0 Å². The number of amides is 1. The minimum absolute atomic E-state index is 0.0364. The van der Waals surface area contributed by atoms with Crippen LogP contribution < -0.4 is 0 Å². The lowest BCUT2D eigenvalue weighted by Crippen LogP contribution is -2.38. The van der Waals surface area contributed by atoms with E-state index in [-0.39, 0.29) is 23.5 Å². The fourth-order valence-electron chi connectivity index (χ4n) is 3.59. The molecule has 2 atom stereocenters. The van der Waals surface area contributed by atoms with Gasteiger partial charge in [-0.05, 0) is 71.9 Å². The molecule has 0 spiro atoms. The molecule has 0 radical (unpaired) electrons. The highest BCUT2D eigenvalue weighted by Crippen LogP contribution is 2.31. The van der Waals surface area contributed by atoms with E-state index in [9.17, 15) is 18.4 Å². The molecule has 0 unspecified atom stereocenters. The Kier molecular flexibility index (Phi) is 7.50. The second-order valence-electron chi connectivity index (χ2n) is 9.99. The SMILES string of the molecule is C=Cc1cc(C[C@H](C(=O)OC(C)(C)C)[C@H]2CCN(C(=O)OC(C)(C)C)C2)c(F)cc1F. The summed E-state index contributed by atoms with van der Waals surface area (Å²) in [4.78, 5) is 27.0. The van der Waals surface area contributed by atoms with E-state index in [4.69, 9.17) is 9.47 Å². The molecular weight excluding hydrogens is 404 g/mol. The molecule has 1 aromatic rings. The van der Waals surface area contributed by atoms with E-state index in [1.54, 1.807) is 46.4 Å². The number of hydrogen-bond acceptors (Lipinski definition) is 4. The van der Waals surface area contributed by atoms with E-state index in [1.807, 2.05) is 0 Å². The molecule has 0 bridgehead atoms. The highest BCUT2D eigenvalue weighted by Gasteiger charge is 2.39. The van der Waals surface area contributed by atoms with E-state index in [0.29, 0.717) is 19.5 Å². The van der Waals surface area contributed by atoms with Gasteiger partial charge in [0, 0.05) is 24.7 Å². The van der Waals surface area contributed by atoms with Crippen LogP contribution in [0.5, 0.6) is 0 Å².